The number of ether oxygens (including phenoxy) is 1. The maximum atomic E-state index is 6.33. The van der Waals surface area contributed by atoms with Gasteiger partial charge in [-0.2, -0.15) is 5.10 Å². The minimum atomic E-state index is -0.0282. The van der Waals surface area contributed by atoms with Crippen molar-refractivity contribution >= 4 is 11.6 Å². The topological polar surface area (TPSA) is 39.1 Å². The summed E-state index contributed by atoms with van der Waals surface area (Å²) < 4.78 is 7.09. The van der Waals surface area contributed by atoms with Crippen LogP contribution in [0.15, 0.2) is 6.20 Å². The predicted molar refractivity (Wildman–Crippen MR) is 84.5 cm³/mol. The third kappa shape index (κ3) is 5.08. The Bertz CT molecular complexity index is 421. The highest BCUT2D eigenvalue weighted by atomic mass is 35.5. The number of nitrogens with zero attached hydrogens (tertiary/aromatic N) is 2. The first-order valence-corrected chi connectivity index (χ1v) is 7.51. The largest absolute Gasteiger partial charge is 0.383 e. The molecule has 0 unspecified atom stereocenters. The quantitative estimate of drug-likeness (QED) is 0.840. The Morgan fingerprint density at radius 2 is 1.95 bits per heavy atom. The summed E-state index contributed by atoms with van der Waals surface area (Å²) in [4.78, 5) is 0. The molecule has 0 fully saturated rings. The highest BCUT2D eigenvalue weighted by Crippen LogP contribution is 2.32. The molecule has 1 aromatic rings. The smallest absolute Gasteiger partial charge is 0.0823 e. The molecule has 5 heteroatoms. The number of aromatic nitrogens is 2. The van der Waals surface area contributed by atoms with E-state index in [4.69, 9.17) is 16.3 Å². The second-order valence-corrected chi connectivity index (χ2v) is 7.27. The summed E-state index contributed by atoms with van der Waals surface area (Å²) in [5.74, 6) is 0. The van der Waals surface area contributed by atoms with Gasteiger partial charge in [0.05, 0.1) is 30.1 Å². The van der Waals surface area contributed by atoms with Crippen LogP contribution in [-0.2, 0) is 16.7 Å². The van der Waals surface area contributed by atoms with E-state index in [1.165, 1.54) is 0 Å². The van der Waals surface area contributed by atoms with E-state index < -0.39 is 0 Å². The maximum Gasteiger partial charge on any atom is 0.0823 e. The number of nitrogens with one attached hydrogen (secondary N) is 1. The van der Waals surface area contributed by atoms with Crippen molar-refractivity contribution in [2.24, 2.45) is 0 Å². The van der Waals surface area contributed by atoms with Gasteiger partial charge in [0.2, 0.25) is 0 Å². The lowest BCUT2D eigenvalue weighted by Gasteiger charge is -2.29. The molecule has 4 nitrogen and oxygen atoms in total. The van der Waals surface area contributed by atoms with E-state index in [1.54, 1.807) is 13.3 Å². The minimum Gasteiger partial charge on any atom is -0.383 e. The summed E-state index contributed by atoms with van der Waals surface area (Å²) >= 11 is 6.33. The van der Waals surface area contributed by atoms with E-state index in [-0.39, 0.29) is 11.0 Å². The minimum absolute atomic E-state index is 0.0282. The third-order valence-corrected chi connectivity index (χ3v) is 3.62. The van der Waals surface area contributed by atoms with Crippen molar-refractivity contribution in [2.75, 3.05) is 20.3 Å². The molecule has 0 aliphatic heterocycles. The lowest BCUT2D eigenvalue weighted by molar-refractivity contribution is 0.180. The molecule has 0 aliphatic rings. The van der Waals surface area contributed by atoms with E-state index in [1.807, 2.05) is 4.68 Å². The lowest BCUT2D eigenvalue weighted by Crippen LogP contribution is -2.39. The van der Waals surface area contributed by atoms with Crippen molar-refractivity contribution < 1.29 is 4.74 Å². The summed E-state index contributed by atoms with van der Waals surface area (Å²) in [6.45, 7) is 13.3. The lowest BCUT2D eigenvalue weighted by atomic mass is 9.85. The van der Waals surface area contributed by atoms with Crippen LogP contribution in [0.25, 0.3) is 0 Å². The Kier molecular flexibility index (Phi) is 6.05. The number of rotatable bonds is 7. The van der Waals surface area contributed by atoms with Gasteiger partial charge in [0.1, 0.15) is 0 Å². The molecule has 1 rings (SSSR count). The summed E-state index contributed by atoms with van der Waals surface area (Å²) in [6, 6.07) is 0. The van der Waals surface area contributed by atoms with Gasteiger partial charge in [-0.3, -0.25) is 4.68 Å². The Hall–Kier alpha value is -0.580. The second-order valence-electron chi connectivity index (χ2n) is 6.87. The zero-order valence-corrected chi connectivity index (χ0v) is 14.3. The van der Waals surface area contributed by atoms with Gasteiger partial charge in [-0.15, -0.1) is 0 Å². The van der Waals surface area contributed by atoms with Crippen LogP contribution in [0.4, 0.5) is 0 Å². The molecule has 0 atom stereocenters. The van der Waals surface area contributed by atoms with E-state index in [9.17, 15) is 0 Å². The molecule has 1 aromatic heterocycles. The number of hydrogen-bond donors (Lipinski definition) is 1. The van der Waals surface area contributed by atoms with Gasteiger partial charge in [0, 0.05) is 18.1 Å². The first-order valence-electron chi connectivity index (χ1n) is 7.13. The van der Waals surface area contributed by atoms with Crippen LogP contribution >= 0.6 is 11.6 Å². The Labute approximate surface area is 127 Å². The van der Waals surface area contributed by atoms with Gasteiger partial charge in [-0.1, -0.05) is 25.4 Å². The number of hydrogen-bond acceptors (Lipinski definition) is 3. The van der Waals surface area contributed by atoms with E-state index in [2.05, 4.69) is 45.0 Å². The van der Waals surface area contributed by atoms with Crippen molar-refractivity contribution in [3.05, 3.63) is 16.9 Å². The van der Waals surface area contributed by atoms with Crippen LogP contribution in [0.1, 0.15) is 46.7 Å². The molecule has 1 heterocycles. The van der Waals surface area contributed by atoms with Gasteiger partial charge in [-0.05, 0) is 33.7 Å². The Morgan fingerprint density at radius 1 is 1.30 bits per heavy atom. The van der Waals surface area contributed by atoms with E-state index in [0.29, 0.717) is 6.61 Å². The average molecular weight is 302 g/mol. The average Bonchev–Trinajstić information content (AvgIpc) is 2.66. The van der Waals surface area contributed by atoms with Gasteiger partial charge < -0.3 is 10.1 Å². The Balaban J connectivity index is 2.77. The molecule has 1 N–H and O–H groups in total. The van der Waals surface area contributed by atoms with Crippen molar-refractivity contribution in [3.8, 4) is 0 Å². The zero-order chi connectivity index (χ0) is 15.4. The van der Waals surface area contributed by atoms with Crippen molar-refractivity contribution in [1.29, 1.82) is 0 Å². The molecule has 0 saturated carbocycles. The monoisotopic (exact) mass is 301 g/mol. The summed E-state index contributed by atoms with van der Waals surface area (Å²) in [7, 11) is 1.70. The van der Waals surface area contributed by atoms with Crippen LogP contribution in [0.2, 0.25) is 5.02 Å². The van der Waals surface area contributed by atoms with Crippen LogP contribution in [-0.4, -0.2) is 35.6 Å². The molecule has 0 spiro atoms. The molecule has 116 valence electrons. The maximum absolute atomic E-state index is 6.33. The molecular formula is C15H28ClN3O. The highest BCUT2D eigenvalue weighted by Gasteiger charge is 2.28. The van der Waals surface area contributed by atoms with Crippen LogP contribution < -0.4 is 5.32 Å². The zero-order valence-electron chi connectivity index (χ0n) is 13.6. The predicted octanol–water partition coefficient (Wildman–Crippen LogP) is 3.24. The summed E-state index contributed by atoms with van der Waals surface area (Å²) in [6.07, 6.45) is 2.73. The fourth-order valence-electron chi connectivity index (χ4n) is 2.25. The van der Waals surface area contributed by atoms with Crippen LogP contribution in [0.3, 0.4) is 0 Å². The van der Waals surface area contributed by atoms with Crippen LogP contribution in [0.5, 0.6) is 0 Å². The standard InChI is InChI=1S/C15H28ClN3O/c1-14(2,3)17-8-7-15(4,5)13-12(16)11-18-19(13)9-10-20-6/h11,17H,7-10H2,1-6H3. The molecular weight excluding hydrogens is 274 g/mol. The molecule has 0 aromatic carbocycles. The molecule has 0 aliphatic carbocycles. The highest BCUT2D eigenvalue weighted by molar-refractivity contribution is 6.31. The second kappa shape index (κ2) is 6.92. The van der Waals surface area contributed by atoms with E-state index in [0.717, 1.165) is 30.2 Å². The van der Waals surface area contributed by atoms with Gasteiger partial charge >= 0.3 is 0 Å². The van der Waals surface area contributed by atoms with Gasteiger partial charge in [0.15, 0.2) is 0 Å². The normalized spacial score (nSPS) is 12.9. The molecule has 0 bridgehead atoms. The van der Waals surface area contributed by atoms with Crippen molar-refractivity contribution in [1.82, 2.24) is 15.1 Å². The molecule has 0 saturated heterocycles. The number of halogens is 1. The van der Waals surface area contributed by atoms with Gasteiger partial charge in [-0.25, -0.2) is 0 Å². The van der Waals surface area contributed by atoms with Gasteiger partial charge in [0.25, 0.3) is 0 Å². The SMILES string of the molecule is COCCn1ncc(Cl)c1C(C)(C)CCNC(C)(C)C. The van der Waals surface area contributed by atoms with E-state index >= 15 is 0 Å². The first kappa shape index (κ1) is 17.5. The summed E-state index contributed by atoms with van der Waals surface area (Å²) in [5.41, 5.74) is 1.20. The fraction of sp³-hybridized carbons (Fsp3) is 0.800. The molecule has 0 radical (unpaired) electrons. The summed E-state index contributed by atoms with van der Waals surface area (Å²) in [5, 5.41) is 8.62. The third-order valence-electron chi connectivity index (χ3n) is 3.35. The first-order chi connectivity index (χ1) is 9.17. The van der Waals surface area contributed by atoms with Crippen LogP contribution in [0, 0.1) is 0 Å². The molecule has 0 amide bonds. The molecule has 20 heavy (non-hydrogen) atoms. The fourth-order valence-corrected chi connectivity index (χ4v) is 2.65. The number of methoxy groups -OCH3 is 1. The van der Waals surface area contributed by atoms with Crippen molar-refractivity contribution in [2.45, 2.75) is 58.5 Å². The Morgan fingerprint density at radius 3 is 2.50 bits per heavy atom. The van der Waals surface area contributed by atoms with Crippen molar-refractivity contribution in [3.63, 3.8) is 0 Å².